The van der Waals surface area contributed by atoms with E-state index < -0.39 is 12.1 Å². The zero-order valence-corrected chi connectivity index (χ0v) is 22.3. The Morgan fingerprint density at radius 1 is 1.14 bits per heavy atom. The highest BCUT2D eigenvalue weighted by molar-refractivity contribution is 7.16. The van der Waals surface area contributed by atoms with Crippen molar-refractivity contribution in [1.82, 2.24) is 10.2 Å². The van der Waals surface area contributed by atoms with Gasteiger partial charge in [0.1, 0.15) is 11.2 Å². The molecule has 2 aliphatic rings. The SMILES string of the molecule is COc1cc(C2NC(=O)c3c(sc4c3CCN(C(C)C)C4)N2)ccc1OC(=O)c1ccc(Cl)cc1Cl. The number of rotatable bonds is 5. The van der Waals surface area contributed by atoms with Crippen molar-refractivity contribution in [2.75, 3.05) is 19.0 Å². The predicted molar refractivity (Wildman–Crippen MR) is 142 cm³/mol. The Kier molecular flexibility index (Phi) is 6.87. The molecule has 3 aromatic rings. The third kappa shape index (κ3) is 4.66. The van der Waals surface area contributed by atoms with E-state index in [0.717, 1.165) is 41.2 Å². The number of amides is 1. The third-order valence-electron chi connectivity index (χ3n) is 6.47. The van der Waals surface area contributed by atoms with Gasteiger partial charge in [-0.05, 0) is 61.7 Å². The van der Waals surface area contributed by atoms with Crippen LogP contribution in [-0.4, -0.2) is 36.5 Å². The standard InChI is InChI=1S/C26H25Cl2N3O4S/c1-13(2)31-9-8-17-21(12-31)36-25-22(17)24(32)29-23(30-25)14-4-7-19(20(10-14)34-3)35-26(33)16-6-5-15(27)11-18(16)28/h4-7,10-11,13,23,30H,8-9,12H2,1-3H3,(H,29,32). The zero-order chi connectivity index (χ0) is 25.6. The molecule has 0 saturated heterocycles. The van der Waals surface area contributed by atoms with Crippen molar-refractivity contribution < 1.29 is 19.1 Å². The van der Waals surface area contributed by atoms with Crippen LogP contribution in [0.1, 0.15) is 56.7 Å². The Labute approximate surface area is 223 Å². The second-order valence-electron chi connectivity index (χ2n) is 9.00. The van der Waals surface area contributed by atoms with Gasteiger partial charge >= 0.3 is 5.97 Å². The molecule has 0 aliphatic carbocycles. The minimum Gasteiger partial charge on any atom is -0.493 e. The van der Waals surface area contributed by atoms with E-state index in [0.29, 0.717) is 16.8 Å². The number of nitrogens with zero attached hydrogens (tertiary/aromatic N) is 1. The number of hydrogen-bond donors (Lipinski definition) is 2. The van der Waals surface area contributed by atoms with Crippen LogP contribution in [-0.2, 0) is 13.0 Å². The van der Waals surface area contributed by atoms with Crippen LogP contribution in [0.5, 0.6) is 11.5 Å². The fourth-order valence-electron chi connectivity index (χ4n) is 4.50. The van der Waals surface area contributed by atoms with Crippen LogP contribution in [0.3, 0.4) is 0 Å². The molecule has 5 rings (SSSR count). The van der Waals surface area contributed by atoms with Gasteiger partial charge in [-0.25, -0.2) is 4.79 Å². The maximum absolute atomic E-state index is 13.1. The van der Waals surface area contributed by atoms with Crippen molar-refractivity contribution in [3.8, 4) is 11.5 Å². The number of benzene rings is 2. The van der Waals surface area contributed by atoms with Crippen molar-refractivity contribution in [2.24, 2.45) is 0 Å². The molecule has 36 heavy (non-hydrogen) atoms. The maximum atomic E-state index is 13.1. The quantitative estimate of drug-likeness (QED) is 0.306. The lowest BCUT2D eigenvalue weighted by molar-refractivity contribution is 0.0729. The van der Waals surface area contributed by atoms with Crippen LogP contribution in [0.15, 0.2) is 36.4 Å². The highest BCUT2D eigenvalue weighted by Crippen LogP contribution is 2.42. The summed E-state index contributed by atoms with van der Waals surface area (Å²) in [5.74, 6) is -0.126. The van der Waals surface area contributed by atoms with Gasteiger partial charge in [-0.15, -0.1) is 11.3 Å². The van der Waals surface area contributed by atoms with E-state index in [1.807, 2.05) is 0 Å². The summed E-state index contributed by atoms with van der Waals surface area (Å²) < 4.78 is 11.0. The van der Waals surface area contributed by atoms with Crippen LogP contribution in [0.2, 0.25) is 10.0 Å². The number of anilines is 1. The van der Waals surface area contributed by atoms with Crippen molar-refractivity contribution in [2.45, 2.75) is 39.0 Å². The molecular formula is C26H25Cl2N3O4S. The second kappa shape index (κ2) is 9.94. The molecule has 1 atom stereocenters. The largest absolute Gasteiger partial charge is 0.493 e. The highest BCUT2D eigenvalue weighted by Gasteiger charge is 2.34. The molecule has 0 spiro atoms. The van der Waals surface area contributed by atoms with E-state index in [9.17, 15) is 9.59 Å². The van der Waals surface area contributed by atoms with Gasteiger partial charge in [0.2, 0.25) is 0 Å². The monoisotopic (exact) mass is 545 g/mol. The van der Waals surface area contributed by atoms with Crippen molar-refractivity contribution >= 4 is 51.4 Å². The summed E-state index contributed by atoms with van der Waals surface area (Å²) in [6.45, 7) is 6.19. The van der Waals surface area contributed by atoms with Gasteiger partial charge in [0.25, 0.3) is 5.91 Å². The average Bonchev–Trinajstić information content (AvgIpc) is 3.22. The van der Waals surface area contributed by atoms with E-state index in [2.05, 4.69) is 29.4 Å². The molecule has 0 radical (unpaired) electrons. The fourth-order valence-corrected chi connectivity index (χ4v) is 6.29. The first-order valence-corrected chi connectivity index (χ1v) is 13.1. The number of fused-ring (bicyclic) bond motifs is 3. The van der Waals surface area contributed by atoms with E-state index in [1.165, 1.54) is 24.1 Å². The molecule has 188 valence electrons. The van der Waals surface area contributed by atoms with Crippen LogP contribution in [0.25, 0.3) is 0 Å². The Morgan fingerprint density at radius 3 is 2.67 bits per heavy atom. The van der Waals surface area contributed by atoms with Crippen LogP contribution in [0, 0.1) is 0 Å². The van der Waals surface area contributed by atoms with Crippen LogP contribution < -0.4 is 20.1 Å². The Morgan fingerprint density at radius 2 is 1.94 bits per heavy atom. The van der Waals surface area contributed by atoms with Crippen molar-refractivity contribution in [3.05, 3.63) is 73.6 Å². The highest BCUT2D eigenvalue weighted by atomic mass is 35.5. The number of thiophene rings is 1. The molecular weight excluding hydrogens is 521 g/mol. The first kappa shape index (κ1) is 24.9. The molecule has 10 heteroatoms. The maximum Gasteiger partial charge on any atom is 0.345 e. The second-order valence-corrected chi connectivity index (χ2v) is 10.9. The topological polar surface area (TPSA) is 79.9 Å². The molecule has 2 aliphatic heterocycles. The predicted octanol–water partition coefficient (Wildman–Crippen LogP) is 5.90. The van der Waals surface area contributed by atoms with Gasteiger partial charge in [-0.3, -0.25) is 9.69 Å². The van der Waals surface area contributed by atoms with Gasteiger partial charge in [0.05, 0.1) is 23.3 Å². The number of halogens is 2. The van der Waals surface area contributed by atoms with E-state index in [1.54, 1.807) is 35.6 Å². The third-order valence-corrected chi connectivity index (χ3v) is 8.17. The van der Waals surface area contributed by atoms with Crippen LogP contribution in [0.4, 0.5) is 5.00 Å². The number of carbonyl (C=O) groups excluding carboxylic acids is 2. The molecule has 0 saturated carbocycles. The van der Waals surface area contributed by atoms with Crippen molar-refractivity contribution in [3.63, 3.8) is 0 Å². The lowest BCUT2D eigenvalue weighted by Gasteiger charge is -2.31. The van der Waals surface area contributed by atoms with Crippen LogP contribution >= 0.6 is 34.5 Å². The molecule has 2 aromatic carbocycles. The smallest absolute Gasteiger partial charge is 0.345 e. The molecule has 2 N–H and O–H groups in total. The van der Waals surface area contributed by atoms with Gasteiger partial charge in [0.15, 0.2) is 11.5 Å². The zero-order valence-electron chi connectivity index (χ0n) is 20.0. The summed E-state index contributed by atoms with van der Waals surface area (Å²) in [5, 5.41) is 8.03. The summed E-state index contributed by atoms with van der Waals surface area (Å²) in [7, 11) is 1.49. The lowest BCUT2D eigenvalue weighted by atomic mass is 9.99. The first-order valence-electron chi connectivity index (χ1n) is 11.6. The number of ether oxygens (including phenoxy) is 2. The van der Waals surface area contributed by atoms with E-state index in [4.69, 9.17) is 32.7 Å². The van der Waals surface area contributed by atoms with Gasteiger partial charge in [-0.2, -0.15) is 0 Å². The number of hydrogen-bond acceptors (Lipinski definition) is 7. The summed E-state index contributed by atoms with van der Waals surface area (Å²) in [6, 6.07) is 10.2. The van der Waals surface area contributed by atoms with E-state index in [-0.39, 0.29) is 22.2 Å². The minimum atomic E-state index is -0.629. The fraction of sp³-hybridized carbons (Fsp3) is 0.308. The molecule has 1 amide bonds. The molecule has 0 bridgehead atoms. The summed E-state index contributed by atoms with van der Waals surface area (Å²) in [5.41, 5.74) is 2.87. The number of esters is 1. The molecule has 1 unspecified atom stereocenters. The van der Waals surface area contributed by atoms with Crippen molar-refractivity contribution in [1.29, 1.82) is 0 Å². The molecule has 3 heterocycles. The summed E-state index contributed by atoms with van der Waals surface area (Å²) in [6.07, 6.45) is 0.417. The summed E-state index contributed by atoms with van der Waals surface area (Å²) in [4.78, 5) is 29.4. The van der Waals surface area contributed by atoms with Gasteiger partial charge in [-0.1, -0.05) is 29.3 Å². The normalized spacial score (nSPS) is 17.2. The summed E-state index contributed by atoms with van der Waals surface area (Å²) >= 11 is 13.7. The molecule has 7 nitrogen and oxygen atoms in total. The van der Waals surface area contributed by atoms with E-state index >= 15 is 0 Å². The molecule has 0 fully saturated rings. The van der Waals surface area contributed by atoms with Gasteiger partial charge < -0.3 is 20.1 Å². The lowest BCUT2D eigenvalue weighted by Crippen LogP contribution is -2.39. The number of methoxy groups -OCH3 is 1. The Balaban J connectivity index is 1.37. The number of nitrogens with one attached hydrogen (secondary N) is 2. The Hall–Kier alpha value is -2.78. The Bertz CT molecular complexity index is 1360. The minimum absolute atomic E-state index is 0.0869. The van der Waals surface area contributed by atoms with Gasteiger partial charge in [0, 0.05) is 29.0 Å². The number of carbonyl (C=O) groups is 2. The average molecular weight is 546 g/mol. The first-order chi connectivity index (χ1) is 17.2. The molecule has 1 aromatic heterocycles.